The summed E-state index contributed by atoms with van der Waals surface area (Å²) in [6, 6.07) is 0. The first-order valence-electron chi connectivity index (χ1n) is 7.44. The van der Waals surface area contributed by atoms with Crippen molar-refractivity contribution in [3.63, 3.8) is 0 Å². The number of hydrogen-bond donors (Lipinski definition) is 3. The number of aliphatic hydroxyl groups is 2. The Kier molecular flexibility index (Phi) is 3.98. The summed E-state index contributed by atoms with van der Waals surface area (Å²) in [6.07, 6.45) is 1.17. The number of imidazole rings is 1. The first-order valence-corrected chi connectivity index (χ1v) is 7.44. The SMILES string of the molecule is CCCC1[C@@H](CO)O[C@@H](n2cnc3c(=O)[nH]c(C)nc32)[C@H]1O. The van der Waals surface area contributed by atoms with E-state index in [0.717, 1.165) is 12.8 Å². The van der Waals surface area contributed by atoms with E-state index in [9.17, 15) is 15.0 Å². The second-order valence-electron chi connectivity index (χ2n) is 5.67. The van der Waals surface area contributed by atoms with Crippen molar-refractivity contribution >= 4 is 11.2 Å². The molecular formula is C14H20N4O4. The van der Waals surface area contributed by atoms with Crippen LogP contribution in [0.15, 0.2) is 11.1 Å². The molecule has 1 saturated heterocycles. The largest absolute Gasteiger partial charge is 0.394 e. The molecule has 8 heteroatoms. The molecule has 0 aliphatic carbocycles. The molecule has 3 heterocycles. The lowest BCUT2D eigenvalue weighted by Gasteiger charge is -2.18. The summed E-state index contributed by atoms with van der Waals surface area (Å²) < 4.78 is 7.36. The van der Waals surface area contributed by atoms with Crippen LogP contribution < -0.4 is 5.56 Å². The lowest BCUT2D eigenvalue weighted by atomic mass is 9.93. The van der Waals surface area contributed by atoms with E-state index in [0.29, 0.717) is 11.5 Å². The monoisotopic (exact) mass is 308 g/mol. The summed E-state index contributed by atoms with van der Waals surface area (Å²) in [5.74, 6) is 0.316. The molecule has 3 N–H and O–H groups in total. The first kappa shape index (κ1) is 15.1. The second-order valence-corrected chi connectivity index (χ2v) is 5.67. The molecule has 4 atom stereocenters. The van der Waals surface area contributed by atoms with Crippen LogP contribution in [0.4, 0.5) is 0 Å². The third-order valence-electron chi connectivity index (χ3n) is 4.15. The number of fused-ring (bicyclic) bond motifs is 1. The van der Waals surface area contributed by atoms with E-state index in [-0.39, 0.29) is 23.6 Å². The average molecular weight is 308 g/mol. The summed E-state index contributed by atoms with van der Waals surface area (Å²) in [7, 11) is 0. The van der Waals surface area contributed by atoms with Crippen LogP contribution in [0.5, 0.6) is 0 Å². The van der Waals surface area contributed by atoms with Gasteiger partial charge in [0.05, 0.1) is 19.0 Å². The molecule has 1 fully saturated rings. The highest BCUT2D eigenvalue weighted by Gasteiger charge is 2.44. The Balaban J connectivity index is 2.03. The van der Waals surface area contributed by atoms with Gasteiger partial charge in [0.15, 0.2) is 17.4 Å². The number of H-pyrrole nitrogens is 1. The number of aliphatic hydroxyl groups excluding tert-OH is 2. The fourth-order valence-corrected chi connectivity index (χ4v) is 3.11. The molecule has 0 radical (unpaired) electrons. The van der Waals surface area contributed by atoms with Gasteiger partial charge in [0.1, 0.15) is 11.9 Å². The molecule has 22 heavy (non-hydrogen) atoms. The van der Waals surface area contributed by atoms with Crippen molar-refractivity contribution in [2.45, 2.75) is 45.1 Å². The third-order valence-corrected chi connectivity index (χ3v) is 4.15. The molecule has 1 aliphatic heterocycles. The normalized spacial score (nSPS) is 28.5. The van der Waals surface area contributed by atoms with Gasteiger partial charge in [-0.25, -0.2) is 9.97 Å². The zero-order valence-electron chi connectivity index (χ0n) is 12.6. The lowest BCUT2D eigenvalue weighted by Crippen LogP contribution is -2.28. The van der Waals surface area contributed by atoms with Gasteiger partial charge in [-0.15, -0.1) is 0 Å². The molecule has 1 unspecified atom stereocenters. The van der Waals surface area contributed by atoms with Crippen LogP contribution >= 0.6 is 0 Å². The third kappa shape index (κ3) is 2.33. The van der Waals surface area contributed by atoms with Crippen LogP contribution in [0.25, 0.3) is 11.2 Å². The van der Waals surface area contributed by atoms with Crippen molar-refractivity contribution in [3.8, 4) is 0 Å². The fourth-order valence-electron chi connectivity index (χ4n) is 3.11. The summed E-state index contributed by atoms with van der Waals surface area (Å²) in [5.41, 5.74) is 0.262. The fraction of sp³-hybridized carbons (Fsp3) is 0.643. The standard InChI is InChI=1S/C14H20N4O4/c1-3-4-8-9(5-19)22-14(11(8)20)18-6-15-10-12(18)16-7(2)17-13(10)21/h6,8-9,11,14,19-20H,3-5H2,1-2H3,(H,16,17,21)/t8?,9-,11+,14-/m1/s1. The average Bonchev–Trinajstić information content (AvgIpc) is 3.02. The molecule has 3 rings (SSSR count). The number of ether oxygens (including phenoxy) is 1. The highest BCUT2D eigenvalue weighted by atomic mass is 16.5. The molecular weight excluding hydrogens is 288 g/mol. The van der Waals surface area contributed by atoms with E-state index < -0.39 is 18.4 Å². The van der Waals surface area contributed by atoms with Gasteiger partial charge in [-0.3, -0.25) is 9.36 Å². The van der Waals surface area contributed by atoms with E-state index in [1.165, 1.54) is 6.33 Å². The molecule has 8 nitrogen and oxygen atoms in total. The van der Waals surface area contributed by atoms with Crippen LogP contribution in [0.1, 0.15) is 31.8 Å². The molecule has 0 bridgehead atoms. The van der Waals surface area contributed by atoms with Crippen LogP contribution in [-0.4, -0.2) is 48.5 Å². The van der Waals surface area contributed by atoms with Crippen molar-refractivity contribution in [1.82, 2.24) is 19.5 Å². The number of nitrogens with one attached hydrogen (secondary N) is 1. The van der Waals surface area contributed by atoms with Crippen molar-refractivity contribution in [3.05, 3.63) is 22.5 Å². The Morgan fingerprint density at radius 2 is 2.27 bits per heavy atom. The Labute approximate surface area is 126 Å². The van der Waals surface area contributed by atoms with Gasteiger partial charge in [0, 0.05) is 5.92 Å². The van der Waals surface area contributed by atoms with Gasteiger partial charge < -0.3 is 19.9 Å². The van der Waals surface area contributed by atoms with Gasteiger partial charge in [-0.05, 0) is 13.3 Å². The number of hydrogen-bond acceptors (Lipinski definition) is 6. The van der Waals surface area contributed by atoms with Crippen LogP contribution in [-0.2, 0) is 4.74 Å². The molecule has 0 aromatic carbocycles. The number of aromatic nitrogens is 4. The van der Waals surface area contributed by atoms with Gasteiger partial charge in [-0.1, -0.05) is 13.3 Å². The van der Waals surface area contributed by atoms with Crippen LogP contribution in [0.2, 0.25) is 0 Å². The van der Waals surface area contributed by atoms with Crippen LogP contribution in [0.3, 0.4) is 0 Å². The summed E-state index contributed by atoms with van der Waals surface area (Å²) in [6.45, 7) is 3.55. The van der Waals surface area contributed by atoms with Crippen molar-refractivity contribution in [2.75, 3.05) is 6.61 Å². The van der Waals surface area contributed by atoms with E-state index in [1.54, 1.807) is 11.5 Å². The molecule has 0 amide bonds. The van der Waals surface area contributed by atoms with Crippen molar-refractivity contribution in [2.24, 2.45) is 5.92 Å². The molecule has 120 valence electrons. The number of nitrogens with zero attached hydrogens (tertiary/aromatic N) is 3. The highest BCUT2D eigenvalue weighted by Crippen LogP contribution is 2.37. The highest BCUT2D eigenvalue weighted by molar-refractivity contribution is 5.69. The molecule has 1 aliphatic rings. The van der Waals surface area contributed by atoms with Gasteiger partial charge in [-0.2, -0.15) is 0 Å². The topological polar surface area (TPSA) is 113 Å². The minimum Gasteiger partial charge on any atom is -0.394 e. The smallest absolute Gasteiger partial charge is 0.279 e. The summed E-state index contributed by atoms with van der Waals surface area (Å²) >= 11 is 0. The first-order chi connectivity index (χ1) is 10.6. The van der Waals surface area contributed by atoms with Gasteiger partial charge >= 0.3 is 0 Å². The Morgan fingerprint density at radius 1 is 1.50 bits per heavy atom. The van der Waals surface area contributed by atoms with Gasteiger partial charge in [0.2, 0.25) is 0 Å². The zero-order chi connectivity index (χ0) is 15.9. The molecule has 2 aromatic heterocycles. The molecule has 0 spiro atoms. The maximum Gasteiger partial charge on any atom is 0.279 e. The second kappa shape index (κ2) is 5.79. The van der Waals surface area contributed by atoms with E-state index in [2.05, 4.69) is 15.0 Å². The van der Waals surface area contributed by atoms with Crippen molar-refractivity contribution < 1.29 is 14.9 Å². The molecule has 2 aromatic rings. The number of aromatic amines is 1. The quantitative estimate of drug-likeness (QED) is 0.738. The Bertz CT molecular complexity index is 725. The Morgan fingerprint density at radius 3 is 2.95 bits per heavy atom. The minimum absolute atomic E-state index is 0.152. The van der Waals surface area contributed by atoms with Crippen LogP contribution in [0, 0.1) is 12.8 Å². The minimum atomic E-state index is -0.782. The predicted molar refractivity (Wildman–Crippen MR) is 78.3 cm³/mol. The zero-order valence-corrected chi connectivity index (χ0v) is 12.6. The summed E-state index contributed by atoms with van der Waals surface area (Å²) in [4.78, 5) is 22.8. The maximum atomic E-state index is 11.9. The number of rotatable bonds is 4. The van der Waals surface area contributed by atoms with E-state index in [4.69, 9.17) is 4.74 Å². The maximum absolute atomic E-state index is 11.9. The van der Waals surface area contributed by atoms with E-state index >= 15 is 0 Å². The van der Waals surface area contributed by atoms with Crippen molar-refractivity contribution in [1.29, 1.82) is 0 Å². The predicted octanol–water partition coefficient (Wildman–Crippen LogP) is 0.0949. The summed E-state index contributed by atoms with van der Waals surface area (Å²) in [5, 5.41) is 20.0. The number of aryl methyl sites for hydroxylation is 1. The van der Waals surface area contributed by atoms with Gasteiger partial charge in [0.25, 0.3) is 5.56 Å². The van der Waals surface area contributed by atoms with E-state index in [1.807, 2.05) is 6.92 Å². The lowest BCUT2D eigenvalue weighted by molar-refractivity contribution is -0.0493. The Hall–Kier alpha value is -1.77. The molecule has 0 saturated carbocycles.